The zero-order valence-electron chi connectivity index (χ0n) is 20.8. The first-order valence-corrected chi connectivity index (χ1v) is 14.0. The van der Waals surface area contributed by atoms with Crippen molar-refractivity contribution in [1.82, 2.24) is 19.4 Å². The molecule has 1 spiro atoms. The zero-order chi connectivity index (χ0) is 24.1. The van der Waals surface area contributed by atoms with Crippen molar-refractivity contribution in [1.29, 1.82) is 0 Å². The fourth-order valence-corrected chi connectivity index (χ4v) is 7.21. The molecule has 0 bridgehead atoms. The Morgan fingerprint density at radius 2 is 1.70 bits per heavy atom. The third kappa shape index (κ3) is 5.08. The normalized spacial score (nSPS) is 28.8. The maximum atomic E-state index is 13.6. The van der Waals surface area contributed by atoms with E-state index >= 15 is 0 Å². The van der Waals surface area contributed by atoms with Crippen LogP contribution >= 0.6 is 0 Å². The molecule has 3 fully saturated rings. The number of hydrogen-bond donors (Lipinski definition) is 1. The van der Waals surface area contributed by atoms with E-state index < -0.39 is 15.6 Å². The summed E-state index contributed by atoms with van der Waals surface area (Å²) in [5, 5.41) is 0. The molecule has 0 atom stereocenters. The second-order valence-corrected chi connectivity index (χ2v) is 13.2. The highest BCUT2D eigenvalue weighted by Gasteiger charge is 2.55. The van der Waals surface area contributed by atoms with Crippen LogP contribution < -0.4 is 4.72 Å². The molecule has 8 heteroatoms. The van der Waals surface area contributed by atoms with Gasteiger partial charge in [-0.25, -0.2) is 17.9 Å². The lowest BCUT2D eigenvalue weighted by Gasteiger charge is -2.51. The van der Waals surface area contributed by atoms with Crippen molar-refractivity contribution in [3.8, 4) is 0 Å². The summed E-state index contributed by atoms with van der Waals surface area (Å²) in [4.78, 5) is 20.0. The number of carbonyl (C=O) groups excluding carboxylic acids is 1. The molecule has 1 saturated heterocycles. The van der Waals surface area contributed by atoms with Crippen LogP contribution in [0.25, 0.3) is 0 Å². The van der Waals surface area contributed by atoms with Crippen LogP contribution in [0.1, 0.15) is 57.9 Å². The maximum Gasteiger partial charge on any atom is 0.320 e. The van der Waals surface area contributed by atoms with Gasteiger partial charge >= 0.3 is 6.03 Å². The molecule has 1 N–H and O–H groups in total. The number of urea groups is 1. The predicted molar refractivity (Wildman–Crippen MR) is 131 cm³/mol. The summed E-state index contributed by atoms with van der Waals surface area (Å²) in [6.45, 7) is 5.58. The summed E-state index contributed by atoms with van der Waals surface area (Å²) in [5.41, 5.74) is 0.435. The van der Waals surface area contributed by atoms with Crippen molar-refractivity contribution in [2.45, 2.75) is 69.0 Å². The molecule has 1 aliphatic heterocycles. The number of benzene rings is 1. The Kier molecular flexibility index (Phi) is 6.34. The van der Waals surface area contributed by atoms with Crippen LogP contribution in [-0.4, -0.2) is 80.2 Å². The van der Waals surface area contributed by atoms with E-state index in [-0.39, 0.29) is 17.1 Å². The van der Waals surface area contributed by atoms with Gasteiger partial charge in [-0.1, -0.05) is 30.3 Å². The number of hydrogen-bond acceptors (Lipinski definition) is 4. The summed E-state index contributed by atoms with van der Waals surface area (Å²) >= 11 is 0. The van der Waals surface area contributed by atoms with Crippen LogP contribution in [0.3, 0.4) is 0 Å². The Labute approximate surface area is 199 Å². The fourth-order valence-electron chi connectivity index (χ4n) is 6.15. The predicted octanol–water partition coefficient (Wildman–Crippen LogP) is 3.23. The summed E-state index contributed by atoms with van der Waals surface area (Å²) in [7, 11) is 0.971. The number of carbonyl (C=O) groups is 1. The number of nitrogens with zero attached hydrogens (tertiary/aromatic N) is 3. The quantitative estimate of drug-likeness (QED) is 0.625. The largest absolute Gasteiger partial charge is 0.320 e. The monoisotopic (exact) mass is 476 g/mol. The second-order valence-electron chi connectivity index (χ2n) is 11.5. The first-order chi connectivity index (χ1) is 15.4. The van der Waals surface area contributed by atoms with Gasteiger partial charge < -0.3 is 9.80 Å². The topological polar surface area (TPSA) is 73.0 Å². The molecule has 0 unspecified atom stereocenters. The molecule has 2 saturated carbocycles. The molecule has 0 radical (unpaired) electrons. The fraction of sp³-hybridized carbons (Fsp3) is 0.720. The summed E-state index contributed by atoms with van der Waals surface area (Å²) in [5.74, 6) is 0.614. The molecule has 2 aliphatic carbocycles. The Morgan fingerprint density at radius 1 is 1.09 bits per heavy atom. The molecule has 184 valence electrons. The SMILES string of the molecule is CN(C)[C@]1(c2ccccc2)CC[C@]2(CC1)CN(CC(C)(C)NS(C)(=O)=O)C(=O)N2CC1CC1. The zero-order valence-corrected chi connectivity index (χ0v) is 21.6. The highest BCUT2D eigenvalue weighted by molar-refractivity contribution is 7.88. The van der Waals surface area contributed by atoms with Crippen molar-refractivity contribution < 1.29 is 13.2 Å². The van der Waals surface area contributed by atoms with E-state index in [0.717, 1.165) is 32.2 Å². The summed E-state index contributed by atoms with van der Waals surface area (Å²) in [6.07, 6.45) is 7.48. The van der Waals surface area contributed by atoms with Crippen LogP contribution in [0.5, 0.6) is 0 Å². The van der Waals surface area contributed by atoms with Gasteiger partial charge in [0.25, 0.3) is 0 Å². The summed E-state index contributed by atoms with van der Waals surface area (Å²) in [6, 6.07) is 10.8. The van der Waals surface area contributed by atoms with E-state index in [1.54, 1.807) is 0 Å². The van der Waals surface area contributed by atoms with Gasteiger partial charge in [-0.15, -0.1) is 0 Å². The first kappa shape index (κ1) is 24.5. The van der Waals surface area contributed by atoms with E-state index in [0.29, 0.717) is 19.0 Å². The molecule has 7 nitrogen and oxygen atoms in total. The van der Waals surface area contributed by atoms with Gasteiger partial charge in [0.05, 0.1) is 11.8 Å². The van der Waals surface area contributed by atoms with E-state index in [1.807, 2.05) is 18.7 Å². The average Bonchev–Trinajstić information content (AvgIpc) is 3.50. The van der Waals surface area contributed by atoms with Crippen LogP contribution in [0.2, 0.25) is 0 Å². The lowest BCUT2D eigenvalue weighted by Crippen LogP contribution is -2.55. The molecule has 2 amide bonds. The van der Waals surface area contributed by atoms with E-state index in [2.05, 4.69) is 58.9 Å². The third-order valence-electron chi connectivity index (χ3n) is 7.92. The molecule has 4 rings (SSSR count). The molecule has 1 aromatic carbocycles. The second kappa shape index (κ2) is 8.54. The minimum Gasteiger partial charge on any atom is -0.320 e. The lowest BCUT2D eigenvalue weighted by molar-refractivity contribution is 0.0231. The van der Waals surface area contributed by atoms with E-state index in [1.165, 1.54) is 24.7 Å². The first-order valence-electron chi connectivity index (χ1n) is 12.1. The van der Waals surface area contributed by atoms with Crippen molar-refractivity contribution in [3.05, 3.63) is 35.9 Å². The van der Waals surface area contributed by atoms with Gasteiger partial charge in [0.2, 0.25) is 10.0 Å². The number of rotatable bonds is 8. The standard InChI is InChI=1S/C25H40N4O3S/c1-23(2,26-33(5,31)32)18-28-19-24(29(22(28)30)17-20-11-12-20)13-15-25(16-14-24,27(3)4)21-9-7-6-8-10-21/h6-10,20,26H,11-19H2,1-5H3/t24-,25+. The van der Waals surface area contributed by atoms with Crippen LogP contribution in [-0.2, 0) is 15.6 Å². The minimum atomic E-state index is -3.36. The number of sulfonamides is 1. The van der Waals surface area contributed by atoms with Crippen molar-refractivity contribution in [2.75, 3.05) is 40.0 Å². The van der Waals surface area contributed by atoms with Crippen molar-refractivity contribution in [3.63, 3.8) is 0 Å². The molecular formula is C25H40N4O3S. The van der Waals surface area contributed by atoms with Gasteiger partial charge in [-0.2, -0.15) is 0 Å². The van der Waals surface area contributed by atoms with Gasteiger partial charge in [0.1, 0.15) is 0 Å². The highest BCUT2D eigenvalue weighted by atomic mass is 32.2. The van der Waals surface area contributed by atoms with Gasteiger partial charge in [0.15, 0.2) is 0 Å². The molecule has 3 aliphatic rings. The smallest absolute Gasteiger partial charge is 0.320 e. The van der Waals surface area contributed by atoms with Gasteiger partial charge in [-0.05, 0) is 77.9 Å². The Balaban J connectivity index is 1.57. The number of amides is 2. The maximum absolute atomic E-state index is 13.6. The Bertz CT molecular complexity index is 965. The van der Waals surface area contributed by atoms with Crippen LogP contribution in [0.15, 0.2) is 30.3 Å². The molecule has 1 aromatic rings. The van der Waals surface area contributed by atoms with Crippen molar-refractivity contribution >= 4 is 16.1 Å². The molecule has 0 aromatic heterocycles. The van der Waals surface area contributed by atoms with Gasteiger partial charge in [0, 0.05) is 30.7 Å². The van der Waals surface area contributed by atoms with Crippen LogP contribution in [0.4, 0.5) is 4.79 Å². The van der Waals surface area contributed by atoms with Crippen LogP contribution in [0, 0.1) is 5.92 Å². The highest BCUT2D eigenvalue weighted by Crippen LogP contribution is 2.50. The van der Waals surface area contributed by atoms with E-state index in [4.69, 9.17) is 0 Å². The minimum absolute atomic E-state index is 0.0225. The molecule has 33 heavy (non-hydrogen) atoms. The number of nitrogens with one attached hydrogen (secondary N) is 1. The Morgan fingerprint density at radius 3 is 2.21 bits per heavy atom. The molecule has 1 heterocycles. The van der Waals surface area contributed by atoms with Crippen molar-refractivity contribution in [2.24, 2.45) is 5.92 Å². The Hall–Kier alpha value is -1.64. The molecular weight excluding hydrogens is 436 g/mol. The third-order valence-corrected chi connectivity index (χ3v) is 8.84. The van der Waals surface area contributed by atoms with Gasteiger partial charge in [-0.3, -0.25) is 4.90 Å². The summed E-state index contributed by atoms with van der Waals surface area (Å²) < 4.78 is 26.4. The van der Waals surface area contributed by atoms with E-state index in [9.17, 15) is 13.2 Å². The average molecular weight is 477 g/mol. The lowest BCUT2D eigenvalue weighted by atomic mass is 9.68.